The number of ether oxygens (including phenoxy) is 2. The summed E-state index contributed by atoms with van der Waals surface area (Å²) in [6.45, 7) is 8.37. The van der Waals surface area contributed by atoms with Crippen molar-refractivity contribution in [3.8, 4) is 5.75 Å². The highest BCUT2D eigenvalue weighted by Gasteiger charge is 2.24. The zero-order chi connectivity index (χ0) is 17.4. The van der Waals surface area contributed by atoms with E-state index < -0.39 is 5.82 Å². The third-order valence-electron chi connectivity index (χ3n) is 4.22. The van der Waals surface area contributed by atoms with Crippen LogP contribution in [0.2, 0.25) is 0 Å². The number of halogens is 1. The van der Waals surface area contributed by atoms with Gasteiger partial charge in [0.2, 0.25) is 5.91 Å². The third kappa shape index (κ3) is 5.76. The number of morpholine rings is 1. The maximum absolute atomic E-state index is 13.4. The number of carbonyl (C=O) groups excluding carboxylic acids is 1. The fourth-order valence-electron chi connectivity index (χ4n) is 2.82. The van der Waals surface area contributed by atoms with E-state index in [0.29, 0.717) is 18.5 Å². The van der Waals surface area contributed by atoms with Crippen molar-refractivity contribution in [1.29, 1.82) is 0 Å². The number of hydrogen-bond donors (Lipinski definition) is 1. The number of benzene rings is 1. The Labute approximate surface area is 143 Å². The molecule has 6 heteroatoms. The Morgan fingerprint density at radius 3 is 2.71 bits per heavy atom. The van der Waals surface area contributed by atoms with Crippen molar-refractivity contribution in [2.75, 3.05) is 39.5 Å². The fraction of sp³-hybridized carbons (Fsp3) is 0.611. The molecular formula is C18H27FN2O3. The van der Waals surface area contributed by atoms with Crippen molar-refractivity contribution in [1.82, 2.24) is 10.2 Å². The van der Waals surface area contributed by atoms with Gasteiger partial charge in [-0.3, -0.25) is 9.69 Å². The van der Waals surface area contributed by atoms with Crippen LogP contribution in [0, 0.1) is 11.7 Å². The average molecular weight is 338 g/mol. The molecule has 0 radical (unpaired) electrons. The lowest BCUT2D eigenvalue weighted by molar-refractivity contribution is -0.122. The molecule has 1 fully saturated rings. The van der Waals surface area contributed by atoms with Crippen molar-refractivity contribution in [3.05, 3.63) is 30.1 Å². The van der Waals surface area contributed by atoms with Gasteiger partial charge < -0.3 is 14.8 Å². The number of para-hydroxylation sites is 1. The lowest BCUT2D eigenvalue weighted by Crippen LogP contribution is -2.51. The standard InChI is InChI=1S/C18H27FN2O3/c1-14(2)16(21-8-11-23-12-9-21)13-20-18(22)7-10-24-17-6-4-3-5-15(17)19/h3-6,14,16H,7-13H2,1-2H3,(H,20,22). The smallest absolute Gasteiger partial charge is 0.223 e. The van der Waals surface area contributed by atoms with Crippen molar-refractivity contribution in [3.63, 3.8) is 0 Å². The van der Waals surface area contributed by atoms with Gasteiger partial charge in [0.1, 0.15) is 0 Å². The number of nitrogens with zero attached hydrogens (tertiary/aromatic N) is 1. The molecule has 1 aromatic rings. The minimum atomic E-state index is -0.412. The molecule has 5 nitrogen and oxygen atoms in total. The molecule has 2 rings (SSSR count). The predicted octanol–water partition coefficient (Wildman–Crippen LogP) is 2.07. The predicted molar refractivity (Wildman–Crippen MR) is 90.5 cm³/mol. The Hall–Kier alpha value is -1.66. The average Bonchev–Trinajstić information content (AvgIpc) is 2.57. The van der Waals surface area contributed by atoms with Crippen LogP contribution in [-0.2, 0) is 9.53 Å². The summed E-state index contributed by atoms with van der Waals surface area (Å²) in [7, 11) is 0. The number of amides is 1. The highest BCUT2D eigenvalue weighted by atomic mass is 19.1. The molecule has 1 saturated heterocycles. The summed E-state index contributed by atoms with van der Waals surface area (Å²) < 4.78 is 24.1. The van der Waals surface area contributed by atoms with Gasteiger partial charge in [-0.15, -0.1) is 0 Å². The first-order valence-electron chi connectivity index (χ1n) is 8.53. The Morgan fingerprint density at radius 2 is 2.04 bits per heavy atom. The SMILES string of the molecule is CC(C)C(CNC(=O)CCOc1ccccc1F)N1CCOCC1. The molecule has 1 atom stereocenters. The molecule has 0 saturated carbocycles. The van der Waals surface area contributed by atoms with Gasteiger partial charge in [0.25, 0.3) is 0 Å². The van der Waals surface area contributed by atoms with E-state index in [1.165, 1.54) is 6.07 Å². The molecule has 1 amide bonds. The summed E-state index contributed by atoms with van der Waals surface area (Å²) in [5, 5.41) is 2.97. The lowest BCUT2D eigenvalue weighted by atomic mass is 10.0. The maximum Gasteiger partial charge on any atom is 0.223 e. The van der Waals surface area contributed by atoms with Gasteiger partial charge in [0, 0.05) is 25.7 Å². The number of rotatable bonds is 8. The molecule has 134 valence electrons. The number of nitrogens with one attached hydrogen (secondary N) is 1. The summed E-state index contributed by atoms with van der Waals surface area (Å²) in [5.41, 5.74) is 0. The molecule has 1 aromatic carbocycles. The largest absolute Gasteiger partial charge is 0.490 e. The first kappa shape index (κ1) is 18.7. The minimum absolute atomic E-state index is 0.0785. The van der Waals surface area contributed by atoms with E-state index in [4.69, 9.17) is 9.47 Å². The molecule has 1 heterocycles. The number of carbonyl (C=O) groups is 1. The third-order valence-corrected chi connectivity index (χ3v) is 4.22. The Kier molecular flexibility index (Phi) is 7.46. The molecular weight excluding hydrogens is 311 g/mol. The molecule has 0 aliphatic carbocycles. The van der Waals surface area contributed by atoms with Crippen LogP contribution in [0.15, 0.2) is 24.3 Å². The second kappa shape index (κ2) is 9.59. The molecule has 1 aliphatic rings. The van der Waals surface area contributed by atoms with Crippen molar-refractivity contribution in [2.24, 2.45) is 5.92 Å². The van der Waals surface area contributed by atoms with E-state index in [9.17, 15) is 9.18 Å². The monoisotopic (exact) mass is 338 g/mol. The van der Waals surface area contributed by atoms with E-state index in [0.717, 1.165) is 26.3 Å². The first-order chi connectivity index (χ1) is 11.6. The Morgan fingerprint density at radius 1 is 1.33 bits per heavy atom. The summed E-state index contributed by atoms with van der Waals surface area (Å²) in [5.74, 6) is 0.132. The quantitative estimate of drug-likeness (QED) is 0.788. The molecule has 1 N–H and O–H groups in total. The Balaban J connectivity index is 1.71. The topological polar surface area (TPSA) is 50.8 Å². The Bertz CT molecular complexity index is 519. The summed E-state index contributed by atoms with van der Waals surface area (Å²) in [6, 6.07) is 6.50. The molecule has 1 unspecified atom stereocenters. The van der Waals surface area contributed by atoms with E-state index in [2.05, 4.69) is 24.1 Å². The zero-order valence-corrected chi connectivity index (χ0v) is 14.5. The van der Waals surface area contributed by atoms with Crippen LogP contribution in [-0.4, -0.2) is 56.3 Å². The van der Waals surface area contributed by atoms with Crippen molar-refractivity contribution in [2.45, 2.75) is 26.3 Å². The minimum Gasteiger partial charge on any atom is -0.490 e. The lowest BCUT2D eigenvalue weighted by Gasteiger charge is -2.36. The summed E-state index contributed by atoms with van der Waals surface area (Å²) >= 11 is 0. The van der Waals surface area contributed by atoms with Gasteiger partial charge in [-0.2, -0.15) is 0 Å². The second-order valence-corrected chi connectivity index (χ2v) is 6.29. The van der Waals surface area contributed by atoms with E-state index in [-0.39, 0.29) is 24.7 Å². The van der Waals surface area contributed by atoms with E-state index in [1.807, 2.05) is 0 Å². The highest BCUT2D eigenvalue weighted by molar-refractivity contribution is 5.76. The zero-order valence-electron chi connectivity index (χ0n) is 14.5. The fourth-order valence-corrected chi connectivity index (χ4v) is 2.82. The van der Waals surface area contributed by atoms with Gasteiger partial charge >= 0.3 is 0 Å². The molecule has 0 aromatic heterocycles. The van der Waals surface area contributed by atoms with E-state index >= 15 is 0 Å². The van der Waals surface area contributed by atoms with Crippen LogP contribution in [0.1, 0.15) is 20.3 Å². The van der Waals surface area contributed by atoms with Crippen molar-refractivity contribution >= 4 is 5.91 Å². The van der Waals surface area contributed by atoms with Crippen molar-refractivity contribution < 1.29 is 18.7 Å². The van der Waals surface area contributed by atoms with Crippen LogP contribution in [0.3, 0.4) is 0 Å². The van der Waals surface area contributed by atoms with Gasteiger partial charge in [0.15, 0.2) is 11.6 Å². The van der Waals surface area contributed by atoms with Crippen LogP contribution < -0.4 is 10.1 Å². The highest BCUT2D eigenvalue weighted by Crippen LogP contribution is 2.15. The molecule has 24 heavy (non-hydrogen) atoms. The van der Waals surface area contributed by atoms with Gasteiger partial charge in [-0.05, 0) is 18.1 Å². The maximum atomic E-state index is 13.4. The van der Waals surface area contributed by atoms with E-state index in [1.54, 1.807) is 18.2 Å². The van der Waals surface area contributed by atoms with Crippen LogP contribution in [0.4, 0.5) is 4.39 Å². The second-order valence-electron chi connectivity index (χ2n) is 6.29. The summed E-state index contributed by atoms with van der Waals surface area (Å²) in [6.07, 6.45) is 0.211. The first-order valence-corrected chi connectivity index (χ1v) is 8.53. The van der Waals surface area contributed by atoms with Crippen LogP contribution >= 0.6 is 0 Å². The molecule has 1 aliphatic heterocycles. The van der Waals surface area contributed by atoms with Gasteiger partial charge in [-0.1, -0.05) is 26.0 Å². The normalized spacial score (nSPS) is 16.8. The van der Waals surface area contributed by atoms with Crippen LogP contribution in [0.5, 0.6) is 5.75 Å². The molecule has 0 spiro atoms. The number of hydrogen-bond acceptors (Lipinski definition) is 4. The van der Waals surface area contributed by atoms with Crippen LogP contribution in [0.25, 0.3) is 0 Å². The molecule has 0 bridgehead atoms. The summed E-state index contributed by atoms with van der Waals surface area (Å²) in [4.78, 5) is 14.4. The van der Waals surface area contributed by atoms with Gasteiger partial charge in [-0.25, -0.2) is 4.39 Å². The van der Waals surface area contributed by atoms with Gasteiger partial charge in [0.05, 0.1) is 26.2 Å².